The van der Waals surface area contributed by atoms with Crippen molar-refractivity contribution in [3.8, 4) is 0 Å². The molecule has 5 nitrogen and oxygen atoms in total. The van der Waals surface area contributed by atoms with Crippen LogP contribution < -0.4 is 0 Å². The SMILES string of the molecule is CN(C(=O)OCc1ccccc1)C(CN1CC[C@H](O)C1)c1ccccc1. The van der Waals surface area contributed by atoms with Crippen LogP contribution in [0.5, 0.6) is 0 Å². The maximum absolute atomic E-state index is 12.6. The Morgan fingerprint density at radius 3 is 2.46 bits per heavy atom. The van der Waals surface area contributed by atoms with Gasteiger partial charge in [0.25, 0.3) is 0 Å². The Balaban J connectivity index is 1.67. The van der Waals surface area contributed by atoms with Gasteiger partial charge in [0.05, 0.1) is 12.1 Å². The standard InChI is InChI=1S/C21H26N2O3/c1-22(21(25)26-16-17-8-4-2-5-9-17)20(18-10-6-3-7-11-18)15-23-13-12-19(24)14-23/h2-11,19-20,24H,12-16H2,1H3/t19-,20?/m0/s1. The summed E-state index contributed by atoms with van der Waals surface area (Å²) in [7, 11) is 1.78. The number of ether oxygens (including phenoxy) is 1. The fourth-order valence-electron chi connectivity index (χ4n) is 3.30. The first-order valence-electron chi connectivity index (χ1n) is 9.02. The minimum Gasteiger partial charge on any atom is -0.445 e. The van der Waals surface area contributed by atoms with Crippen LogP contribution in [0.25, 0.3) is 0 Å². The first-order chi connectivity index (χ1) is 12.6. The number of likely N-dealkylation sites (tertiary alicyclic amines) is 1. The highest BCUT2D eigenvalue weighted by Gasteiger charge is 2.28. The number of carbonyl (C=O) groups is 1. The average molecular weight is 354 g/mol. The predicted molar refractivity (Wildman–Crippen MR) is 101 cm³/mol. The molecule has 2 atom stereocenters. The molecule has 138 valence electrons. The van der Waals surface area contributed by atoms with Gasteiger partial charge in [-0.05, 0) is 17.5 Å². The Bertz CT molecular complexity index is 693. The molecule has 1 N–H and O–H groups in total. The first-order valence-corrected chi connectivity index (χ1v) is 9.02. The lowest BCUT2D eigenvalue weighted by Gasteiger charge is -2.31. The molecule has 1 fully saturated rings. The molecular formula is C21H26N2O3. The molecule has 0 radical (unpaired) electrons. The van der Waals surface area contributed by atoms with Gasteiger partial charge in [-0.1, -0.05) is 60.7 Å². The largest absolute Gasteiger partial charge is 0.445 e. The molecule has 0 aromatic heterocycles. The van der Waals surface area contributed by atoms with E-state index in [2.05, 4.69) is 4.90 Å². The molecule has 3 rings (SSSR count). The monoisotopic (exact) mass is 354 g/mol. The van der Waals surface area contributed by atoms with E-state index in [0.717, 1.165) is 24.1 Å². The van der Waals surface area contributed by atoms with Gasteiger partial charge in [-0.15, -0.1) is 0 Å². The topological polar surface area (TPSA) is 53.0 Å². The number of rotatable bonds is 6. The number of aliphatic hydroxyl groups excluding tert-OH is 1. The van der Waals surface area contributed by atoms with Gasteiger partial charge >= 0.3 is 6.09 Å². The number of amides is 1. The second kappa shape index (κ2) is 8.83. The minimum absolute atomic E-state index is 0.121. The molecule has 1 heterocycles. The summed E-state index contributed by atoms with van der Waals surface area (Å²) in [4.78, 5) is 16.5. The summed E-state index contributed by atoms with van der Waals surface area (Å²) < 4.78 is 5.50. The van der Waals surface area contributed by atoms with Gasteiger partial charge < -0.3 is 14.7 Å². The van der Waals surface area contributed by atoms with Gasteiger partial charge in [-0.3, -0.25) is 4.90 Å². The van der Waals surface area contributed by atoms with Crippen LogP contribution in [-0.2, 0) is 11.3 Å². The number of hydrogen-bond donors (Lipinski definition) is 1. The second-order valence-electron chi connectivity index (χ2n) is 6.78. The molecule has 0 aliphatic carbocycles. The van der Waals surface area contributed by atoms with Gasteiger partial charge in [0.1, 0.15) is 6.61 Å². The van der Waals surface area contributed by atoms with E-state index >= 15 is 0 Å². The molecule has 1 aliphatic heterocycles. The van der Waals surface area contributed by atoms with Crippen molar-refractivity contribution in [3.05, 3.63) is 71.8 Å². The summed E-state index contributed by atoms with van der Waals surface area (Å²) in [6, 6.07) is 19.5. The Morgan fingerprint density at radius 1 is 1.19 bits per heavy atom. The zero-order valence-electron chi connectivity index (χ0n) is 15.1. The molecule has 0 saturated carbocycles. The normalized spacial score (nSPS) is 18.5. The summed E-state index contributed by atoms with van der Waals surface area (Å²) in [5, 5.41) is 9.79. The predicted octanol–water partition coefficient (Wildman–Crippen LogP) is 3.06. The van der Waals surface area contributed by atoms with E-state index in [4.69, 9.17) is 4.74 Å². The summed E-state index contributed by atoms with van der Waals surface area (Å²) in [5.41, 5.74) is 2.03. The van der Waals surface area contributed by atoms with E-state index in [-0.39, 0.29) is 24.8 Å². The third kappa shape index (κ3) is 4.84. The van der Waals surface area contributed by atoms with Gasteiger partial charge in [0.2, 0.25) is 0 Å². The number of benzene rings is 2. The Morgan fingerprint density at radius 2 is 1.85 bits per heavy atom. The quantitative estimate of drug-likeness (QED) is 0.866. The number of hydrogen-bond acceptors (Lipinski definition) is 4. The average Bonchev–Trinajstić information content (AvgIpc) is 3.10. The van der Waals surface area contributed by atoms with Crippen molar-refractivity contribution in [2.45, 2.75) is 25.2 Å². The number of carbonyl (C=O) groups excluding carboxylic acids is 1. The summed E-state index contributed by atoms with van der Waals surface area (Å²) in [6.45, 7) is 2.43. The van der Waals surface area contributed by atoms with Gasteiger partial charge in [-0.2, -0.15) is 0 Å². The molecule has 1 amide bonds. The second-order valence-corrected chi connectivity index (χ2v) is 6.78. The highest BCUT2D eigenvalue weighted by Crippen LogP contribution is 2.23. The van der Waals surface area contributed by atoms with Crippen molar-refractivity contribution < 1.29 is 14.6 Å². The van der Waals surface area contributed by atoms with Crippen LogP contribution in [0.15, 0.2) is 60.7 Å². The van der Waals surface area contributed by atoms with Crippen molar-refractivity contribution in [2.24, 2.45) is 0 Å². The molecule has 2 aromatic carbocycles. The highest BCUT2D eigenvalue weighted by atomic mass is 16.6. The van der Waals surface area contributed by atoms with Gasteiger partial charge in [0, 0.05) is 26.7 Å². The number of aliphatic hydroxyl groups is 1. The van der Waals surface area contributed by atoms with Crippen molar-refractivity contribution >= 4 is 6.09 Å². The van der Waals surface area contributed by atoms with Crippen molar-refractivity contribution in [1.29, 1.82) is 0 Å². The van der Waals surface area contributed by atoms with Crippen molar-refractivity contribution in [3.63, 3.8) is 0 Å². The molecule has 0 bridgehead atoms. The van der Waals surface area contributed by atoms with E-state index in [1.807, 2.05) is 60.7 Å². The van der Waals surface area contributed by atoms with Crippen LogP contribution in [0.3, 0.4) is 0 Å². The van der Waals surface area contributed by atoms with Crippen molar-refractivity contribution in [2.75, 3.05) is 26.7 Å². The fourth-order valence-corrected chi connectivity index (χ4v) is 3.30. The van der Waals surface area contributed by atoms with Crippen LogP contribution in [-0.4, -0.2) is 53.8 Å². The molecule has 2 aromatic rings. The third-order valence-electron chi connectivity index (χ3n) is 4.82. The summed E-state index contributed by atoms with van der Waals surface area (Å²) in [6.07, 6.45) is 0.160. The molecule has 0 spiro atoms. The minimum atomic E-state index is -0.345. The summed E-state index contributed by atoms with van der Waals surface area (Å²) >= 11 is 0. The van der Waals surface area contributed by atoms with Gasteiger partial charge in [-0.25, -0.2) is 4.79 Å². The molecule has 5 heteroatoms. The van der Waals surface area contributed by atoms with Gasteiger partial charge in [0.15, 0.2) is 0 Å². The Labute approximate surface area is 154 Å². The number of likely N-dealkylation sites (N-methyl/N-ethyl adjacent to an activating group) is 1. The van der Waals surface area contributed by atoms with Crippen LogP contribution in [0.2, 0.25) is 0 Å². The van der Waals surface area contributed by atoms with E-state index in [1.165, 1.54) is 0 Å². The zero-order valence-corrected chi connectivity index (χ0v) is 15.1. The van der Waals surface area contributed by atoms with E-state index in [0.29, 0.717) is 13.1 Å². The fraction of sp³-hybridized carbons (Fsp3) is 0.381. The van der Waals surface area contributed by atoms with Crippen LogP contribution in [0, 0.1) is 0 Å². The van der Waals surface area contributed by atoms with Crippen LogP contribution >= 0.6 is 0 Å². The van der Waals surface area contributed by atoms with E-state index < -0.39 is 0 Å². The third-order valence-corrected chi connectivity index (χ3v) is 4.82. The summed E-state index contributed by atoms with van der Waals surface area (Å²) in [5.74, 6) is 0. The molecule has 1 aliphatic rings. The lowest BCUT2D eigenvalue weighted by atomic mass is 10.1. The van der Waals surface area contributed by atoms with E-state index in [9.17, 15) is 9.90 Å². The maximum Gasteiger partial charge on any atom is 0.410 e. The molecule has 1 unspecified atom stereocenters. The number of nitrogens with zero attached hydrogens (tertiary/aromatic N) is 2. The smallest absolute Gasteiger partial charge is 0.410 e. The highest BCUT2D eigenvalue weighted by molar-refractivity contribution is 5.68. The van der Waals surface area contributed by atoms with E-state index in [1.54, 1.807) is 11.9 Å². The Hall–Kier alpha value is -2.37. The first kappa shape index (κ1) is 18.4. The lowest BCUT2D eigenvalue weighted by Crippen LogP contribution is -2.39. The molecular weight excluding hydrogens is 328 g/mol. The molecule has 1 saturated heterocycles. The zero-order chi connectivity index (χ0) is 18.4. The maximum atomic E-state index is 12.6. The number of β-amino-alcohol motifs (C(OH)–C–C–N with tert-alkyl or cyclic N) is 1. The Kier molecular flexibility index (Phi) is 6.26. The van der Waals surface area contributed by atoms with Crippen LogP contribution in [0.4, 0.5) is 4.79 Å². The molecule has 26 heavy (non-hydrogen) atoms. The van der Waals surface area contributed by atoms with Crippen molar-refractivity contribution in [1.82, 2.24) is 9.80 Å². The lowest BCUT2D eigenvalue weighted by molar-refractivity contribution is 0.0817. The van der Waals surface area contributed by atoms with Crippen LogP contribution in [0.1, 0.15) is 23.6 Å².